The van der Waals surface area contributed by atoms with Crippen LogP contribution in [0.3, 0.4) is 0 Å². The van der Waals surface area contributed by atoms with Gasteiger partial charge in [0.1, 0.15) is 5.82 Å². The van der Waals surface area contributed by atoms with Crippen LogP contribution in [0.15, 0.2) is 53.5 Å². The Balaban J connectivity index is 1.36. The molecule has 3 aromatic rings. The molecule has 1 aromatic carbocycles. The van der Waals surface area contributed by atoms with Crippen molar-refractivity contribution in [3.63, 3.8) is 0 Å². The normalized spacial score (nSPS) is 14.5. The molecule has 1 saturated heterocycles. The van der Waals surface area contributed by atoms with Crippen molar-refractivity contribution in [2.24, 2.45) is 0 Å². The zero-order valence-electron chi connectivity index (χ0n) is 19.5. The Morgan fingerprint density at radius 1 is 1.00 bits per heavy atom. The minimum Gasteiger partial charge on any atom is -0.465 e. The van der Waals surface area contributed by atoms with Crippen LogP contribution in [0.1, 0.15) is 28.0 Å². The fourth-order valence-corrected chi connectivity index (χ4v) is 4.35. The Hall–Kier alpha value is -3.39. The summed E-state index contributed by atoms with van der Waals surface area (Å²) in [4.78, 5) is 33.6. The summed E-state index contributed by atoms with van der Waals surface area (Å²) >= 11 is 0. The number of benzene rings is 1. The van der Waals surface area contributed by atoms with Crippen LogP contribution in [0.4, 0.5) is 5.82 Å². The van der Waals surface area contributed by atoms with Crippen LogP contribution in [0.25, 0.3) is 5.69 Å². The highest BCUT2D eigenvalue weighted by atomic mass is 16.5. The van der Waals surface area contributed by atoms with E-state index >= 15 is 0 Å². The average molecular weight is 450 g/mol. The minimum absolute atomic E-state index is 0.0140. The van der Waals surface area contributed by atoms with Gasteiger partial charge in [0.2, 0.25) is 0 Å². The van der Waals surface area contributed by atoms with Gasteiger partial charge in [-0.05, 0) is 62.2 Å². The van der Waals surface area contributed by atoms with Crippen molar-refractivity contribution >= 4 is 11.8 Å². The van der Waals surface area contributed by atoms with E-state index in [0.29, 0.717) is 12.1 Å². The summed E-state index contributed by atoms with van der Waals surface area (Å²) in [6.45, 7) is 9.47. The summed E-state index contributed by atoms with van der Waals surface area (Å²) in [6.07, 6.45) is 2.75. The number of hydrogen-bond acceptors (Lipinski definition) is 6. The molecular weight excluding hydrogens is 418 g/mol. The molecular formula is C25H31N5O3. The van der Waals surface area contributed by atoms with Gasteiger partial charge in [0.05, 0.1) is 18.4 Å². The van der Waals surface area contributed by atoms with Gasteiger partial charge >= 0.3 is 5.97 Å². The lowest BCUT2D eigenvalue weighted by molar-refractivity contribution is 0.0600. The number of carbonyl (C=O) groups excluding carboxylic acids is 1. The van der Waals surface area contributed by atoms with E-state index in [1.807, 2.05) is 36.0 Å². The van der Waals surface area contributed by atoms with Crippen molar-refractivity contribution in [2.45, 2.75) is 26.8 Å². The number of rotatable bonds is 7. The standard InChI is InChI=1S/C25H31N5O3/c1-19-9-10-26-23(17-19)28-15-13-27(14-16-28)11-4-12-29-24(31)18-20(2)30(29)22-7-5-21(6-8-22)25(32)33-3/h5-10,17-18H,4,11-16H2,1-3H3. The molecule has 1 fully saturated rings. The first-order chi connectivity index (χ1) is 16.0. The third-order valence-electron chi connectivity index (χ3n) is 6.14. The Bertz CT molecular complexity index is 1160. The maximum absolute atomic E-state index is 12.6. The van der Waals surface area contributed by atoms with Crippen LogP contribution in [0, 0.1) is 13.8 Å². The molecule has 0 spiro atoms. The number of methoxy groups -OCH3 is 1. The van der Waals surface area contributed by atoms with Crippen molar-refractivity contribution in [1.29, 1.82) is 0 Å². The first-order valence-electron chi connectivity index (χ1n) is 11.3. The largest absolute Gasteiger partial charge is 0.465 e. The van der Waals surface area contributed by atoms with Crippen LogP contribution < -0.4 is 10.5 Å². The predicted molar refractivity (Wildman–Crippen MR) is 128 cm³/mol. The summed E-state index contributed by atoms with van der Waals surface area (Å²) in [6, 6.07) is 12.9. The van der Waals surface area contributed by atoms with Crippen LogP contribution in [-0.2, 0) is 11.3 Å². The van der Waals surface area contributed by atoms with E-state index in [9.17, 15) is 9.59 Å². The fraction of sp³-hybridized carbons (Fsp3) is 0.400. The van der Waals surface area contributed by atoms with Gasteiger partial charge in [-0.2, -0.15) is 0 Å². The monoisotopic (exact) mass is 449 g/mol. The lowest BCUT2D eigenvalue weighted by atomic mass is 10.2. The summed E-state index contributed by atoms with van der Waals surface area (Å²) in [5.74, 6) is 0.675. The van der Waals surface area contributed by atoms with E-state index in [-0.39, 0.29) is 11.5 Å². The van der Waals surface area contributed by atoms with E-state index in [2.05, 4.69) is 27.8 Å². The SMILES string of the molecule is COC(=O)c1ccc(-n2c(C)cc(=O)n2CCCN2CCN(c3cc(C)ccn3)CC2)cc1. The summed E-state index contributed by atoms with van der Waals surface area (Å²) in [5.41, 5.74) is 3.41. The number of anilines is 1. The lowest BCUT2D eigenvalue weighted by Gasteiger charge is -2.35. The molecule has 0 saturated carbocycles. The molecule has 0 unspecified atom stereocenters. The lowest BCUT2D eigenvalue weighted by Crippen LogP contribution is -2.47. The molecule has 0 aliphatic carbocycles. The Kier molecular flexibility index (Phi) is 6.93. The second kappa shape index (κ2) is 10.0. The second-order valence-electron chi connectivity index (χ2n) is 8.47. The smallest absolute Gasteiger partial charge is 0.337 e. The summed E-state index contributed by atoms with van der Waals surface area (Å²) < 4.78 is 8.46. The fourth-order valence-electron chi connectivity index (χ4n) is 4.35. The highest BCUT2D eigenvalue weighted by Gasteiger charge is 2.18. The number of pyridine rings is 1. The molecule has 8 nitrogen and oxygen atoms in total. The van der Waals surface area contributed by atoms with Crippen molar-refractivity contribution in [3.8, 4) is 5.69 Å². The second-order valence-corrected chi connectivity index (χ2v) is 8.47. The minimum atomic E-state index is -0.374. The number of aryl methyl sites for hydroxylation is 2. The van der Waals surface area contributed by atoms with Crippen LogP contribution in [0.5, 0.6) is 0 Å². The highest BCUT2D eigenvalue weighted by molar-refractivity contribution is 5.89. The van der Waals surface area contributed by atoms with E-state index in [0.717, 1.165) is 56.3 Å². The molecule has 0 radical (unpaired) electrons. The number of ether oxygens (including phenoxy) is 1. The Morgan fingerprint density at radius 3 is 2.39 bits per heavy atom. The van der Waals surface area contributed by atoms with Gasteiger partial charge in [-0.1, -0.05) is 0 Å². The highest BCUT2D eigenvalue weighted by Crippen LogP contribution is 2.16. The molecule has 0 atom stereocenters. The van der Waals surface area contributed by atoms with Crippen molar-refractivity contribution in [2.75, 3.05) is 44.7 Å². The molecule has 8 heteroatoms. The molecule has 1 aliphatic heterocycles. The van der Waals surface area contributed by atoms with Crippen molar-refractivity contribution in [3.05, 3.63) is 75.8 Å². The number of nitrogens with zero attached hydrogens (tertiary/aromatic N) is 5. The average Bonchev–Trinajstić information content (AvgIpc) is 3.11. The van der Waals surface area contributed by atoms with E-state index < -0.39 is 0 Å². The number of piperazine rings is 1. The topological polar surface area (TPSA) is 72.6 Å². The molecule has 2 aromatic heterocycles. The zero-order valence-corrected chi connectivity index (χ0v) is 19.5. The van der Waals surface area contributed by atoms with Gasteiger partial charge in [-0.15, -0.1) is 0 Å². The molecule has 0 bridgehead atoms. The molecule has 174 valence electrons. The van der Waals surface area contributed by atoms with Gasteiger partial charge in [0, 0.05) is 57.2 Å². The van der Waals surface area contributed by atoms with Crippen LogP contribution in [-0.4, -0.2) is 65.1 Å². The van der Waals surface area contributed by atoms with Crippen LogP contribution >= 0.6 is 0 Å². The number of aromatic nitrogens is 3. The summed E-state index contributed by atoms with van der Waals surface area (Å²) in [5, 5.41) is 0. The van der Waals surface area contributed by atoms with Crippen molar-refractivity contribution in [1.82, 2.24) is 19.2 Å². The molecule has 0 N–H and O–H groups in total. The molecule has 1 aliphatic rings. The van der Waals surface area contributed by atoms with Crippen LogP contribution in [0.2, 0.25) is 0 Å². The number of carbonyl (C=O) groups is 1. The molecule has 0 amide bonds. The van der Waals surface area contributed by atoms with Gasteiger partial charge in [0.15, 0.2) is 0 Å². The maximum Gasteiger partial charge on any atom is 0.337 e. The quantitative estimate of drug-likeness (QED) is 0.517. The van der Waals surface area contributed by atoms with Gasteiger partial charge in [-0.3, -0.25) is 14.4 Å². The van der Waals surface area contributed by atoms with E-state index in [1.54, 1.807) is 22.9 Å². The zero-order chi connectivity index (χ0) is 23.4. The van der Waals surface area contributed by atoms with Crippen molar-refractivity contribution < 1.29 is 9.53 Å². The Labute approximate surface area is 194 Å². The Morgan fingerprint density at radius 2 is 1.73 bits per heavy atom. The van der Waals surface area contributed by atoms with E-state index in [4.69, 9.17) is 4.74 Å². The van der Waals surface area contributed by atoms with E-state index in [1.165, 1.54) is 12.7 Å². The molecule has 4 rings (SSSR count). The third-order valence-corrected chi connectivity index (χ3v) is 6.14. The number of hydrogen-bond donors (Lipinski definition) is 0. The number of esters is 1. The first kappa shape index (κ1) is 22.8. The summed E-state index contributed by atoms with van der Waals surface area (Å²) in [7, 11) is 1.36. The maximum atomic E-state index is 12.6. The molecule has 33 heavy (non-hydrogen) atoms. The molecule has 3 heterocycles. The van der Waals surface area contributed by atoms with Gasteiger partial charge in [0.25, 0.3) is 5.56 Å². The predicted octanol–water partition coefficient (Wildman–Crippen LogP) is 2.65. The third kappa shape index (κ3) is 5.17. The van der Waals surface area contributed by atoms with Gasteiger partial charge < -0.3 is 9.64 Å². The first-order valence-corrected chi connectivity index (χ1v) is 11.3. The van der Waals surface area contributed by atoms with Gasteiger partial charge in [-0.25, -0.2) is 14.5 Å².